The van der Waals surface area contributed by atoms with Crippen LogP contribution in [0, 0.1) is 0 Å². The van der Waals surface area contributed by atoms with Gasteiger partial charge >= 0.3 is 12.6 Å². The first-order valence-corrected chi connectivity index (χ1v) is 11.8. The van der Waals surface area contributed by atoms with Gasteiger partial charge in [0.05, 0.1) is 24.2 Å². The molecule has 1 saturated heterocycles. The van der Waals surface area contributed by atoms with Gasteiger partial charge in [-0.1, -0.05) is 12.8 Å². The maximum absolute atomic E-state index is 12.9. The van der Waals surface area contributed by atoms with Crippen molar-refractivity contribution in [1.29, 1.82) is 0 Å². The third-order valence-corrected chi connectivity index (χ3v) is 7.30. The van der Waals surface area contributed by atoms with Crippen LogP contribution in [0.1, 0.15) is 42.5 Å². The van der Waals surface area contributed by atoms with E-state index >= 15 is 0 Å². The van der Waals surface area contributed by atoms with Crippen molar-refractivity contribution < 1.29 is 41.0 Å². The molecule has 11 heteroatoms. The standard InChI is InChI=1S/C20H25F2NO7S/c1-28-17-10-13(6-7-16(17)30-20(21)22)19(25)29-11-18(24)23(14-4-2-3-5-14)15-8-9-31(26,27)12-15/h6-7,10,14-15,20H,2-5,8-9,11-12H2,1H3. The Morgan fingerprint density at radius 2 is 1.84 bits per heavy atom. The van der Waals surface area contributed by atoms with Crippen LogP contribution in [-0.4, -0.2) is 69.1 Å². The van der Waals surface area contributed by atoms with Gasteiger partial charge in [-0.05, 0) is 37.5 Å². The van der Waals surface area contributed by atoms with Crippen molar-refractivity contribution in [2.24, 2.45) is 0 Å². The number of carbonyl (C=O) groups excluding carboxylic acids is 2. The van der Waals surface area contributed by atoms with Gasteiger partial charge in [-0.3, -0.25) is 4.79 Å². The molecule has 1 aromatic carbocycles. The fourth-order valence-corrected chi connectivity index (χ4v) is 5.87. The number of rotatable bonds is 8. The molecule has 2 aliphatic rings. The van der Waals surface area contributed by atoms with Crippen molar-refractivity contribution in [2.45, 2.75) is 50.8 Å². The summed E-state index contributed by atoms with van der Waals surface area (Å²) in [6, 6.07) is 3.09. The van der Waals surface area contributed by atoms with Crippen LogP contribution in [-0.2, 0) is 19.4 Å². The summed E-state index contributed by atoms with van der Waals surface area (Å²) in [6.45, 7) is -3.59. The minimum Gasteiger partial charge on any atom is -0.493 e. The van der Waals surface area contributed by atoms with Gasteiger partial charge in [0.25, 0.3) is 5.91 Å². The fourth-order valence-electron chi connectivity index (χ4n) is 4.16. The van der Waals surface area contributed by atoms with Crippen LogP contribution in [0.5, 0.6) is 11.5 Å². The van der Waals surface area contributed by atoms with Crippen molar-refractivity contribution in [3.8, 4) is 11.5 Å². The molecule has 1 atom stereocenters. The molecule has 1 aliphatic carbocycles. The van der Waals surface area contributed by atoms with Crippen LogP contribution in [0.3, 0.4) is 0 Å². The Morgan fingerprint density at radius 1 is 1.13 bits per heavy atom. The number of amides is 1. The summed E-state index contributed by atoms with van der Waals surface area (Å²) in [5, 5.41) is 0. The topological polar surface area (TPSA) is 99.2 Å². The minimum atomic E-state index is -3.18. The Hall–Kier alpha value is -2.43. The largest absolute Gasteiger partial charge is 0.493 e. The highest BCUT2D eigenvalue weighted by molar-refractivity contribution is 7.91. The molecule has 1 heterocycles. The normalized spacial score (nSPS) is 20.6. The van der Waals surface area contributed by atoms with Gasteiger partial charge in [-0.15, -0.1) is 0 Å². The molecule has 172 valence electrons. The molecule has 3 rings (SSSR count). The maximum Gasteiger partial charge on any atom is 0.387 e. The number of ether oxygens (including phenoxy) is 3. The van der Waals surface area contributed by atoms with E-state index in [0.717, 1.165) is 31.7 Å². The lowest BCUT2D eigenvalue weighted by atomic mass is 10.1. The molecule has 0 spiro atoms. The lowest BCUT2D eigenvalue weighted by molar-refractivity contribution is -0.139. The first kappa shape index (κ1) is 23.2. The second-order valence-electron chi connectivity index (χ2n) is 7.62. The molecule has 0 N–H and O–H groups in total. The van der Waals surface area contributed by atoms with Gasteiger partial charge in [0.1, 0.15) is 0 Å². The van der Waals surface area contributed by atoms with Crippen molar-refractivity contribution in [2.75, 3.05) is 25.2 Å². The first-order valence-electron chi connectivity index (χ1n) is 10.0. The number of benzene rings is 1. The van der Waals surface area contributed by atoms with Crippen molar-refractivity contribution in [3.63, 3.8) is 0 Å². The van der Waals surface area contributed by atoms with E-state index in [0.29, 0.717) is 6.42 Å². The molecule has 1 unspecified atom stereocenters. The number of hydrogen-bond donors (Lipinski definition) is 0. The summed E-state index contributed by atoms with van der Waals surface area (Å²) in [5.41, 5.74) is 0.00197. The molecule has 1 aromatic rings. The predicted molar refractivity (Wildman–Crippen MR) is 106 cm³/mol. The predicted octanol–water partition coefficient (Wildman–Crippen LogP) is 2.41. The highest BCUT2D eigenvalue weighted by Gasteiger charge is 2.39. The highest BCUT2D eigenvalue weighted by atomic mass is 32.2. The molecule has 2 fully saturated rings. The van der Waals surface area contributed by atoms with Crippen LogP contribution in [0.2, 0.25) is 0 Å². The summed E-state index contributed by atoms with van der Waals surface area (Å²) < 4.78 is 63.1. The number of halogens is 2. The number of alkyl halides is 2. The van der Waals surface area contributed by atoms with Crippen molar-refractivity contribution in [3.05, 3.63) is 23.8 Å². The number of sulfone groups is 1. The van der Waals surface area contributed by atoms with Gasteiger partial charge in [-0.25, -0.2) is 13.2 Å². The third-order valence-electron chi connectivity index (χ3n) is 5.55. The van der Waals surface area contributed by atoms with Gasteiger partial charge in [0.15, 0.2) is 27.9 Å². The summed E-state index contributed by atoms with van der Waals surface area (Å²) >= 11 is 0. The zero-order valence-electron chi connectivity index (χ0n) is 17.1. The van der Waals surface area contributed by atoms with Gasteiger partial charge in [0, 0.05) is 12.1 Å². The summed E-state index contributed by atoms with van der Waals surface area (Å²) in [6.07, 6.45) is 3.88. The zero-order valence-corrected chi connectivity index (χ0v) is 17.9. The van der Waals surface area contributed by atoms with Gasteiger partial charge in [-0.2, -0.15) is 8.78 Å². The van der Waals surface area contributed by atoms with E-state index in [-0.39, 0.29) is 34.6 Å². The Kier molecular flexibility index (Phi) is 7.34. The van der Waals surface area contributed by atoms with Crippen molar-refractivity contribution >= 4 is 21.7 Å². The molecule has 0 radical (unpaired) electrons. The molecule has 0 aromatic heterocycles. The van der Waals surface area contributed by atoms with E-state index < -0.39 is 41.0 Å². The lowest BCUT2D eigenvalue weighted by Gasteiger charge is -2.33. The minimum absolute atomic E-state index is 0.00197. The zero-order chi connectivity index (χ0) is 22.6. The van der Waals surface area contributed by atoms with Crippen LogP contribution in [0.15, 0.2) is 18.2 Å². The second kappa shape index (κ2) is 9.80. The maximum atomic E-state index is 12.9. The van der Waals surface area contributed by atoms with Crippen LogP contribution in [0.25, 0.3) is 0 Å². The summed E-state index contributed by atoms with van der Waals surface area (Å²) in [7, 11) is -1.94. The quantitative estimate of drug-likeness (QED) is 0.548. The Labute approximate surface area is 179 Å². The number of methoxy groups -OCH3 is 1. The first-order chi connectivity index (χ1) is 14.7. The van der Waals surface area contributed by atoms with Crippen LogP contribution >= 0.6 is 0 Å². The third kappa shape index (κ3) is 5.84. The van der Waals surface area contributed by atoms with E-state index in [1.54, 1.807) is 4.90 Å². The van der Waals surface area contributed by atoms with E-state index in [1.807, 2.05) is 0 Å². The Balaban J connectivity index is 1.67. The van der Waals surface area contributed by atoms with Crippen molar-refractivity contribution in [1.82, 2.24) is 4.90 Å². The second-order valence-corrected chi connectivity index (χ2v) is 9.85. The number of nitrogens with zero attached hydrogens (tertiary/aromatic N) is 1. The average molecular weight is 461 g/mol. The summed E-state index contributed by atoms with van der Waals surface area (Å²) in [4.78, 5) is 26.9. The molecule has 1 amide bonds. The Bertz CT molecular complexity index is 916. The average Bonchev–Trinajstić information content (AvgIpc) is 3.36. The summed E-state index contributed by atoms with van der Waals surface area (Å²) in [5.74, 6) is -1.62. The molecule has 1 aliphatic heterocycles. The smallest absolute Gasteiger partial charge is 0.387 e. The Morgan fingerprint density at radius 3 is 2.42 bits per heavy atom. The van der Waals surface area contributed by atoms with Crippen LogP contribution < -0.4 is 9.47 Å². The molecule has 31 heavy (non-hydrogen) atoms. The molecule has 8 nitrogen and oxygen atoms in total. The fraction of sp³-hybridized carbons (Fsp3) is 0.600. The van der Waals surface area contributed by atoms with Crippen LogP contribution in [0.4, 0.5) is 8.78 Å². The molecule has 0 bridgehead atoms. The van der Waals surface area contributed by atoms with E-state index in [9.17, 15) is 26.8 Å². The molecular formula is C20H25F2NO7S. The van der Waals surface area contributed by atoms with Gasteiger partial charge in [0.2, 0.25) is 0 Å². The van der Waals surface area contributed by atoms with Gasteiger partial charge < -0.3 is 19.1 Å². The number of carbonyl (C=O) groups is 2. The molecular weight excluding hydrogens is 436 g/mol. The highest BCUT2D eigenvalue weighted by Crippen LogP contribution is 2.31. The SMILES string of the molecule is COc1cc(C(=O)OCC(=O)N(C2CCCC2)C2CCS(=O)(=O)C2)ccc1OC(F)F. The van der Waals surface area contributed by atoms with E-state index in [2.05, 4.69) is 4.74 Å². The number of esters is 1. The lowest BCUT2D eigenvalue weighted by Crippen LogP contribution is -2.48. The number of hydrogen-bond acceptors (Lipinski definition) is 7. The molecule has 1 saturated carbocycles. The monoisotopic (exact) mass is 461 g/mol. The van der Waals surface area contributed by atoms with E-state index in [1.165, 1.54) is 19.2 Å². The van der Waals surface area contributed by atoms with E-state index in [4.69, 9.17) is 9.47 Å².